The average molecular weight is 248 g/mol. The van der Waals surface area contributed by atoms with Crippen LogP contribution in [0.3, 0.4) is 0 Å². The summed E-state index contributed by atoms with van der Waals surface area (Å²) in [6.07, 6.45) is 3.76. The van der Waals surface area contributed by atoms with Crippen molar-refractivity contribution in [1.82, 2.24) is 0 Å². The zero-order valence-corrected chi connectivity index (χ0v) is 11.7. The third kappa shape index (κ3) is 3.49. The Morgan fingerprint density at radius 1 is 1.33 bits per heavy atom. The van der Waals surface area contributed by atoms with Gasteiger partial charge in [-0.1, -0.05) is 26.8 Å². The minimum absolute atomic E-state index is 0.299. The average Bonchev–Trinajstić information content (AvgIpc) is 2.28. The van der Waals surface area contributed by atoms with Crippen LogP contribution in [0.25, 0.3) is 0 Å². The number of hydrogen-bond donors (Lipinski definition) is 1. The van der Waals surface area contributed by atoms with Gasteiger partial charge in [-0.3, -0.25) is 0 Å². The van der Waals surface area contributed by atoms with Gasteiger partial charge in [0.25, 0.3) is 0 Å². The lowest BCUT2D eigenvalue weighted by atomic mass is 9.89. The summed E-state index contributed by atoms with van der Waals surface area (Å²) < 4.78 is 5.79. The number of aliphatic hydroxyl groups excluding tert-OH is 1. The van der Waals surface area contributed by atoms with Gasteiger partial charge in [-0.2, -0.15) is 0 Å². The Hall–Kier alpha value is -1.02. The molecular formula is C16H24O2. The molecule has 0 saturated heterocycles. The maximum absolute atomic E-state index is 9.98. The fourth-order valence-corrected chi connectivity index (χ4v) is 2.32. The minimum Gasteiger partial charge on any atom is -0.494 e. The van der Waals surface area contributed by atoms with E-state index >= 15 is 0 Å². The Labute approximate surface area is 110 Å². The topological polar surface area (TPSA) is 29.5 Å². The fraction of sp³-hybridized carbons (Fsp3) is 0.625. The van der Waals surface area contributed by atoms with E-state index in [0.29, 0.717) is 5.41 Å². The van der Waals surface area contributed by atoms with Crippen molar-refractivity contribution in [2.24, 2.45) is 5.41 Å². The molecule has 0 saturated carbocycles. The van der Waals surface area contributed by atoms with Gasteiger partial charge in [0.2, 0.25) is 0 Å². The van der Waals surface area contributed by atoms with E-state index in [1.54, 1.807) is 0 Å². The molecule has 1 aliphatic carbocycles. The van der Waals surface area contributed by atoms with Gasteiger partial charge in [-0.05, 0) is 54.4 Å². The number of hydrogen-bond acceptors (Lipinski definition) is 2. The third-order valence-electron chi connectivity index (χ3n) is 3.52. The quantitative estimate of drug-likeness (QED) is 0.880. The normalized spacial score (nSPS) is 19.4. The summed E-state index contributed by atoms with van der Waals surface area (Å²) in [4.78, 5) is 0. The lowest BCUT2D eigenvalue weighted by molar-refractivity contribution is 0.155. The van der Waals surface area contributed by atoms with Gasteiger partial charge >= 0.3 is 0 Å². The molecular weight excluding hydrogens is 224 g/mol. The van der Waals surface area contributed by atoms with Crippen LogP contribution in [-0.4, -0.2) is 11.7 Å². The summed E-state index contributed by atoms with van der Waals surface area (Å²) in [6, 6.07) is 6.14. The van der Waals surface area contributed by atoms with Crippen molar-refractivity contribution in [1.29, 1.82) is 0 Å². The highest BCUT2D eigenvalue weighted by atomic mass is 16.5. The second-order valence-corrected chi connectivity index (χ2v) is 6.43. The molecule has 1 aromatic rings. The molecule has 2 heteroatoms. The first-order chi connectivity index (χ1) is 8.46. The maximum Gasteiger partial charge on any atom is 0.119 e. The van der Waals surface area contributed by atoms with Gasteiger partial charge in [-0.15, -0.1) is 0 Å². The van der Waals surface area contributed by atoms with Crippen LogP contribution in [0.5, 0.6) is 5.75 Å². The second-order valence-electron chi connectivity index (χ2n) is 6.43. The molecule has 0 heterocycles. The molecule has 0 amide bonds. The summed E-state index contributed by atoms with van der Waals surface area (Å²) in [7, 11) is 0. The SMILES string of the molecule is CC(C)(C)CCOc1ccc2c(c1)[C@@H](O)CCC2. The molecule has 0 fully saturated rings. The Balaban J connectivity index is 2.00. The van der Waals surface area contributed by atoms with E-state index in [1.807, 2.05) is 12.1 Å². The summed E-state index contributed by atoms with van der Waals surface area (Å²) in [5.41, 5.74) is 2.64. The molecule has 2 nitrogen and oxygen atoms in total. The maximum atomic E-state index is 9.98. The van der Waals surface area contributed by atoms with E-state index in [2.05, 4.69) is 26.8 Å². The Morgan fingerprint density at radius 3 is 2.83 bits per heavy atom. The largest absolute Gasteiger partial charge is 0.494 e. The van der Waals surface area contributed by atoms with Crippen molar-refractivity contribution < 1.29 is 9.84 Å². The summed E-state index contributed by atoms with van der Waals surface area (Å²) in [5, 5.41) is 9.98. The van der Waals surface area contributed by atoms with Gasteiger partial charge in [0, 0.05) is 0 Å². The van der Waals surface area contributed by atoms with E-state index < -0.39 is 0 Å². The Kier molecular flexibility index (Phi) is 3.96. The zero-order chi connectivity index (χ0) is 13.2. The summed E-state index contributed by atoms with van der Waals surface area (Å²) in [5.74, 6) is 0.888. The van der Waals surface area contributed by atoms with Crippen LogP contribution < -0.4 is 4.74 Å². The summed E-state index contributed by atoms with van der Waals surface area (Å²) in [6.45, 7) is 7.38. The van der Waals surface area contributed by atoms with Crippen LogP contribution >= 0.6 is 0 Å². The molecule has 1 atom stereocenters. The molecule has 2 rings (SSSR count). The fourth-order valence-electron chi connectivity index (χ4n) is 2.32. The Bertz CT molecular complexity index is 404. The lowest BCUT2D eigenvalue weighted by Crippen LogP contribution is -2.12. The number of aryl methyl sites for hydroxylation is 1. The number of rotatable bonds is 3. The molecule has 1 N–H and O–H groups in total. The highest BCUT2D eigenvalue weighted by Crippen LogP contribution is 2.32. The number of ether oxygens (including phenoxy) is 1. The minimum atomic E-state index is -0.306. The summed E-state index contributed by atoms with van der Waals surface area (Å²) >= 11 is 0. The number of benzene rings is 1. The van der Waals surface area contributed by atoms with Crippen molar-refractivity contribution in [3.05, 3.63) is 29.3 Å². The van der Waals surface area contributed by atoms with Gasteiger partial charge in [-0.25, -0.2) is 0 Å². The predicted molar refractivity (Wildman–Crippen MR) is 73.9 cm³/mol. The van der Waals surface area contributed by atoms with Crippen molar-refractivity contribution >= 4 is 0 Å². The molecule has 0 spiro atoms. The number of aliphatic hydroxyl groups is 1. The number of fused-ring (bicyclic) bond motifs is 1. The molecule has 100 valence electrons. The monoisotopic (exact) mass is 248 g/mol. The first kappa shape index (κ1) is 13.4. The second kappa shape index (κ2) is 5.31. The highest BCUT2D eigenvalue weighted by Gasteiger charge is 2.18. The van der Waals surface area contributed by atoms with E-state index in [9.17, 15) is 5.11 Å². The van der Waals surface area contributed by atoms with Crippen molar-refractivity contribution in [3.8, 4) is 5.75 Å². The molecule has 0 aromatic heterocycles. The standard InChI is InChI=1S/C16H24O2/c1-16(2,3)9-10-18-13-8-7-12-5-4-6-15(17)14(12)11-13/h7-8,11,15,17H,4-6,9-10H2,1-3H3/t15-/m0/s1. The molecule has 0 unspecified atom stereocenters. The van der Waals surface area contributed by atoms with E-state index in [-0.39, 0.29) is 6.10 Å². The highest BCUT2D eigenvalue weighted by molar-refractivity contribution is 5.38. The van der Waals surface area contributed by atoms with Gasteiger partial charge in [0.15, 0.2) is 0 Å². The van der Waals surface area contributed by atoms with Crippen LogP contribution in [0.15, 0.2) is 18.2 Å². The first-order valence-electron chi connectivity index (χ1n) is 6.89. The van der Waals surface area contributed by atoms with Crippen LogP contribution in [0.1, 0.15) is 57.3 Å². The van der Waals surface area contributed by atoms with Crippen LogP contribution in [0, 0.1) is 5.41 Å². The lowest BCUT2D eigenvalue weighted by Gasteiger charge is -2.22. The van der Waals surface area contributed by atoms with Crippen molar-refractivity contribution in [3.63, 3.8) is 0 Å². The zero-order valence-electron chi connectivity index (χ0n) is 11.7. The predicted octanol–water partition coefficient (Wildman–Crippen LogP) is 3.87. The van der Waals surface area contributed by atoms with E-state index in [4.69, 9.17) is 4.74 Å². The van der Waals surface area contributed by atoms with Gasteiger partial charge in [0.05, 0.1) is 12.7 Å². The van der Waals surface area contributed by atoms with Crippen LogP contribution in [0.2, 0.25) is 0 Å². The first-order valence-corrected chi connectivity index (χ1v) is 6.89. The van der Waals surface area contributed by atoms with Gasteiger partial charge in [0.1, 0.15) is 5.75 Å². The van der Waals surface area contributed by atoms with E-state index in [1.165, 1.54) is 5.56 Å². The molecule has 0 aliphatic heterocycles. The molecule has 0 bridgehead atoms. The molecule has 1 aliphatic rings. The third-order valence-corrected chi connectivity index (χ3v) is 3.52. The van der Waals surface area contributed by atoms with Crippen LogP contribution in [-0.2, 0) is 6.42 Å². The van der Waals surface area contributed by atoms with Crippen molar-refractivity contribution in [2.75, 3.05) is 6.61 Å². The van der Waals surface area contributed by atoms with E-state index in [0.717, 1.165) is 43.6 Å². The van der Waals surface area contributed by atoms with Crippen LogP contribution in [0.4, 0.5) is 0 Å². The Morgan fingerprint density at radius 2 is 2.11 bits per heavy atom. The molecule has 0 radical (unpaired) electrons. The smallest absolute Gasteiger partial charge is 0.119 e. The van der Waals surface area contributed by atoms with Crippen molar-refractivity contribution in [2.45, 2.75) is 52.6 Å². The molecule has 1 aromatic carbocycles. The van der Waals surface area contributed by atoms with Gasteiger partial charge < -0.3 is 9.84 Å². The molecule has 18 heavy (non-hydrogen) atoms.